The molecule has 0 bridgehead atoms. The van der Waals surface area contributed by atoms with Crippen molar-refractivity contribution in [3.63, 3.8) is 0 Å². The molecule has 14 heteroatoms. The highest BCUT2D eigenvalue weighted by Crippen LogP contribution is 2.46. The zero-order valence-corrected chi connectivity index (χ0v) is 33.4. The maximum atomic E-state index is 12.7. The lowest BCUT2D eigenvalue weighted by Crippen LogP contribution is -2.45. The molecule has 0 heterocycles. The Morgan fingerprint density at radius 2 is 0.759 bits per heavy atom. The molecule has 0 aromatic heterocycles. The summed E-state index contributed by atoms with van der Waals surface area (Å²) in [7, 11) is 0. The first kappa shape index (κ1) is 43.3. The first-order valence-electron chi connectivity index (χ1n) is 17.7. The molecule has 0 saturated heterocycles. The average molecular weight is 757 g/mol. The number of carbonyl (C=O) groups is 4. The fourth-order valence-corrected chi connectivity index (χ4v) is 5.72. The summed E-state index contributed by atoms with van der Waals surface area (Å²) in [5, 5.41) is 22.2. The van der Waals surface area contributed by atoms with E-state index < -0.39 is 58.1 Å². The fourth-order valence-electron chi connectivity index (χ4n) is 5.72. The SMILES string of the molecule is CC(C)(C)OC(=O)CN(CC(=O)OC(C)(C)C)c1ccc(C2C(=[OH+])C(c3ccc(N(CC(=O)OC(C)(C)C)CC(=O)OC(C)(C)C)cc3O)C2=[OH+])c(O)c1. The second-order valence-electron chi connectivity index (χ2n) is 17.3. The number of phenols is 2. The molecule has 14 nitrogen and oxygen atoms in total. The van der Waals surface area contributed by atoms with E-state index in [2.05, 4.69) is 0 Å². The monoisotopic (exact) mass is 756 g/mol. The van der Waals surface area contributed by atoms with Crippen LogP contribution in [0.1, 0.15) is 106 Å². The van der Waals surface area contributed by atoms with Gasteiger partial charge in [-0.05, 0) is 95.2 Å². The molecule has 3 rings (SSSR count). The molecule has 0 radical (unpaired) electrons. The molecule has 1 aliphatic carbocycles. The van der Waals surface area contributed by atoms with Crippen molar-refractivity contribution in [1.29, 1.82) is 0 Å². The van der Waals surface area contributed by atoms with Crippen molar-refractivity contribution < 1.29 is 57.9 Å². The molecule has 0 amide bonds. The highest BCUT2D eigenvalue weighted by atomic mass is 16.6. The second-order valence-corrected chi connectivity index (χ2v) is 17.3. The summed E-state index contributed by atoms with van der Waals surface area (Å²) in [4.78, 5) is 76.2. The van der Waals surface area contributed by atoms with Gasteiger partial charge in [0.1, 0.15) is 60.1 Å². The van der Waals surface area contributed by atoms with E-state index in [-0.39, 0.29) is 71.7 Å². The van der Waals surface area contributed by atoms with Gasteiger partial charge in [-0.25, -0.2) is 0 Å². The van der Waals surface area contributed by atoms with Crippen molar-refractivity contribution in [3.8, 4) is 11.5 Å². The predicted octanol–water partition coefficient (Wildman–Crippen LogP) is 5.05. The lowest BCUT2D eigenvalue weighted by molar-refractivity contribution is -0.156. The van der Waals surface area contributed by atoms with Gasteiger partial charge in [-0.15, -0.1) is 0 Å². The summed E-state index contributed by atoms with van der Waals surface area (Å²) >= 11 is 0. The minimum atomic E-state index is -1.12. The van der Waals surface area contributed by atoms with Crippen molar-refractivity contribution in [2.75, 3.05) is 36.0 Å². The van der Waals surface area contributed by atoms with Crippen LogP contribution in [0.25, 0.3) is 0 Å². The Balaban J connectivity index is 1.87. The van der Waals surface area contributed by atoms with E-state index in [4.69, 9.17) is 18.9 Å². The summed E-state index contributed by atoms with van der Waals surface area (Å²) in [5.41, 5.74) is -2.30. The van der Waals surface area contributed by atoms with Crippen molar-refractivity contribution in [1.82, 2.24) is 0 Å². The molecule has 0 spiro atoms. The Kier molecular flexibility index (Phi) is 12.9. The minimum absolute atomic E-state index is 0.136. The summed E-state index contributed by atoms with van der Waals surface area (Å²) < 4.78 is 21.8. The first-order chi connectivity index (χ1) is 24.5. The number of anilines is 2. The number of hydrogen-bond acceptors (Lipinski definition) is 12. The zero-order valence-electron chi connectivity index (χ0n) is 33.4. The molecule has 0 aliphatic heterocycles. The first-order valence-corrected chi connectivity index (χ1v) is 17.7. The lowest BCUT2D eigenvalue weighted by atomic mass is 9.65. The van der Waals surface area contributed by atoms with Crippen LogP contribution in [0, 0.1) is 0 Å². The largest absolute Gasteiger partial charge is 0.508 e. The third-order valence-corrected chi connectivity index (χ3v) is 7.52. The normalized spacial score (nSPS) is 16.2. The number of nitrogens with zero attached hydrogens (tertiary/aromatic N) is 2. The van der Waals surface area contributed by atoms with Crippen molar-refractivity contribution in [2.24, 2.45) is 0 Å². The zero-order chi connectivity index (χ0) is 41.1. The number of rotatable bonds is 12. The van der Waals surface area contributed by atoms with Crippen LogP contribution >= 0.6 is 0 Å². The van der Waals surface area contributed by atoms with E-state index in [0.717, 1.165) is 0 Å². The Hall–Kier alpha value is -5.14. The predicted molar refractivity (Wildman–Crippen MR) is 203 cm³/mol. The molecule has 1 fully saturated rings. The van der Waals surface area contributed by atoms with E-state index in [0.29, 0.717) is 0 Å². The molecule has 1 saturated carbocycles. The number of ether oxygens (including phenoxy) is 4. The molecule has 4 N–H and O–H groups in total. The van der Waals surface area contributed by atoms with Crippen LogP contribution in [0.3, 0.4) is 0 Å². The molecule has 1 aliphatic rings. The maximum absolute atomic E-state index is 12.7. The third kappa shape index (κ3) is 12.5. The van der Waals surface area contributed by atoms with Gasteiger partial charge >= 0.3 is 35.4 Å². The second kappa shape index (κ2) is 16.1. The summed E-state index contributed by atoms with van der Waals surface area (Å²) in [6, 6.07) is 8.54. The number of esters is 4. The summed E-state index contributed by atoms with van der Waals surface area (Å²) in [5.74, 6) is -5.91. The van der Waals surface area contributed by atoms with Gasteiger partial charge in [0.15, 0.2) is 0 Å². The Morgan fingerprint density at radius 3 is 0.963 bits per heavy atom. The van der Waals surface area contributed by atoms with Crippen LogP contribution in [0.4, 0.5) is 11.4 Å². The van der Waals surface area contributed by atoms with Crippen LogP contribution in [-0.4, -0.2) is 104 Å². The quantitative estimate of drug-likeness (QED) is 0.127. The average Bonchev–Trinajstić information content (AvgIpc) is 2.94. The van der Waals surface area contributed by atoms with Gasteiger partial charge in [0, 0.05) is 34.6 Å². The van der Waals surface area contributed by atoms with Crippen LogP contribution in [0.15, 0.2) is 36.4 Å². The minimum Gasteiger partial charge on any atom is -0.508 e. The van der Waals surface area contributed by atoms with Crippen LogP contribution in [0.2, 0.25) is 0 Å². The molecule has 2 aromatic rings. The molecule has 296 valence electrons. The Bertz CT molecular complexity index is 1570. The number of ketones is 2. The smallest absolute Gasteiger partial charge is 0.334 e. The van der Waals surface area contributed by atoms with Crippen molar-refractivity contribution in [3.05, 3.63) is 47.5 Å². The Labute approximate surface area is 316 Å². The van der Waals surface area contributed by atoms with Gasteiger partial charge in [0.05, 0.1) is 0 Å². The highest BCUT2D eigenvalue weighted by Gasteiger charge is 2.63. The maximum Gasteiger partial charge on any atom is 0.334 e. The van der Waals surface area contributed by atoms with Gasteiger partial charge in [-0.1, -0.05) is 12.1 Å². The lowest BCUT2D eigenvalue weighted by Gasteiger charge is -2.29. The standard InChI is InChI=1S/C40H54N2O12/c1-37(2,3)51-29(45)19-41(20-30(46)52-38(4,5)6)23-13-15-25(27(43)17-23)33-35(49)34(36(33)50)26-16-14-24(18-28(26)44)42(21-31(47)53-39(7,8)9)22-32(48)54-40(10,11)12/h13-18,33-34,43-44H,19-22H2,1-12H3/p+2. The van der Waals surface area contributed by atoms with E-state index >= 15 is 0 Å². The number of phenolic OH excluding ortho intramolecular Hbond substituents is 2. The number of benzene rings is 2. The molecule has 0 unspecified atom stereocenters. The van der Waals surface area contributed by atoms with Gasteiger partial charge in [0.25, 0.3) is 0 Å². The molecular weight excluding hydrogens is 700 g/mol. The van der Waals surface area contributed by atoms with E-state index in [1.54, 1.807) is 83.1 Å². The van der Waals surface area contributed by atoms with Crippen LogP contribution in [0.5, 0.6) is 11.5 Å². The highest BCUT2D eigenvalue weighted by molar-refractivity contribution is 6.32. The van der Waals surface area contributed by atoms with Crippen molar-refractivity contribution >= 4 is 46.8 Å². The number of carbonyl (C=O) groups excluding carboxylic acids is 6. The third-order valence-electron chi connectivity index (χ3n) is 7.52. The van der Waals surface area contributed by atoms with Gasteiger partial charge in [-0.3, -0.25) is 28.8 Å². The summed E-state index contributed by atoms with van der Waals surface area (Å²) in [6.07, 6.45) is 0. The molecular formula is C40H56N2O12+2. The van der Waals surface area contributed by atoms with Gasteiger partial charge in [0.2, 0.25) is 11.8 Å². The van der Waals surface area contributed by atoms with Crippen LogP contribution < -0.4 is 9.80 Å². The Morgan fingerprint density at radius 1 is 0.519 bits per heavy atom. The van der Waals surface area contributed by atoms with Gasteiger partial charge in [-0.2, -0.15) is 0 Å². The molecule has 2 aromatic carbocycles. The van der Waals surface area contributed by atoms with Gasteiger partial charge < -0.3 is 39.0 Å². The number of aromatic hydroxyl groups is 2. The molecule has 54 heavy (non-hydrogen) atoms. The van der Waals surface area contributed by atoms with E-state index in [1.807, 2.05) is 0 Å². The summed E-state index contributed by atoms with van der Waals surface area (Å²) in [6.45, 7) is 19.2. The molecule has 0 atom stereocenters. The number of hydrogen-bond donors (Lipinski definition) is 2. The van der Waals surface area contributed by atoms with E-state index in [1.165, 1.54) is 46.2 Å². The topological polar surface area (TPSA) is 195 Å². The fraction of sp³-hybridized carbons (Fsp3) is 0.550. The van der Waals surface area contributed by atoms with E-state index in [9.17, 15) is 39.0 Å². The van der Waals surface area contributed by atoms with Crippen molar-refractivity contribution in [2.45, 2.75) is 117 Å². The van der Waals surface area contributed by atoms with Crippen LogP contribution in [-0.2, 0) is 38.1 Å².